The number of aliphatic hydroxyl groups is 1. The average Bonchev–Trinajstić information content (AvgIpc) is 2.66. The third kappa shape index (κ3) is 4.54. The average molecular weight is 398 g/mol. The van der Waals surface area contributed by atoms with E-state index < -0.39 is 11.7 Å². The Balaban J connectivity index is 1.73. The Hall–Kier alpha value is -0.730. The molecule has 1 aliphatic carbocycles. The quantitative estimate of drug-likeness (QED) is 0.630. The summed E-state index contributed by atoms with van der Waals surface area (Å²) in [5.74, 6) is 0.385. The molecule has 7 heteroatoms. The van der Waals surface area contributed by atoms with E-state index in [-0.39, 0.29) is 18.2 Å². The van der Waals surface area contributed by atoms with Gasteiger partial charge in [-0.2, -0.15) is 0 Å². The highest BCUT2D eigenvalue weighted by Crippen LogP contribution is 2.50. The molecule has 4 atom stereocenters. The van der Waals surface area contributed by atoms with Gasteiger partial charge in [-0.3, -0.25) is 4.90 Å². The van der Waals surface area contributed by atoms with Crippen LogP contribution in [0, 0.1) is 5.92 Å². The Morgan fingerprint density at radius 1 is 1.25 bits per heavy atom. The van der Waals surface area contributed by atoms with Crippen LogP contribution in [0.2, 0.25) is 0 Å². The molecule has 1 unspecified atom stereocenters. The Bertz CT molecular complexity index is 546. The first kappa shape index (κ1) is 22.0. The SMILES string of the molecule is CCN(CC)CC(O)CO/N=C1/[C@@H](N2CCOCC2)[C@H]2CC[C@]1(C)OC2(C)C. The van der Waals surface area contributed by atoms with Crippen molar-refractivity contribution in [2.45, 2.75) is 70.8 Å². The van der Waals surface area contributed by atoms with E-state index in [2.05, 4.69) is 49.6 Å². The summed E-state index contributed by atoms with van der Waals surface area (Å²) in [6.45, 7) is 16.8. The standard InChI is InChI=1S/C21H39N3O4/c1-6-23(7-2)14-16(25)15-27-22-19-18(24-10-12-26-13-11-24)17-8-9-21(19,5)28-20(17,3)4/h16-18,25H,6-15H2,1-5H3/b22-19-/t16?,17-,18+,21+/m1/s1. The first-order chi connectivity index (χ1) is 13.3. The monoisotopic (exact) mass is 397 g/mol. The molecule has 3 heterocycles. The lowest BCUT2D eigenvalue weighted by molar-refractivity contribution is -0.199. The van der Waals surface area contributed by atoms with Gasteiger partial charge in [0.15, 0.2) is 0 Å². The van der Waals surface area contributed by atoms with E-state index in [1.807, 2.05) is 0 Å². The first-order valence-corrected chi connectivity index (χ1v) is 10.9. The van der Waals surface area contributed by atoms with Crippen molar-refractivity contribution < 1.29 is 19.4 Å². The first-order valence-electron chi connectivity index (χ1n) is 10.9. The van der Waals surface area contributed by atoms with E-state index >= 15 is 0 Å². The van der Waals surface area contributed by atoms with Crippen LogP contribution < -0.4 is 0 Å². The van der Waals surface area contributed by atoms with Crippen molar-refractivity contribution >= 4 is 5.71 Å². The van der Waals surface area contributed by atoms with E-state index in [0.717, 1.165) is 57.9 Å². The molecule has 4 rings (SSSR count). The largest absolute Gasteiger partial charge is 0.393 e. The highest BCUT2D eigenvalue weighted by atomic mass is 16.6. The topological polar surface area (TPSA) is 66.8 Å². The molecule has 1 saturated carbocycles. The molecule has 0 aromatic rings. The second kappa shape index (κ2) is 8.96. The Morgan fingerprint density at radius 3 is 2.54 bits per heavy atom. The summed E-state index contributed by atoms with van der Waals surface area (Å²) in [5, 5.41) is 14.9. The third-order valence-electron chi connectivity index (χ3n) is 6.75. The molecular formula is C21H39N3O4. The van der Waals surface area contributed by atoms with Crippen LogP contribution in [0.15, 0.2) is 5.16 Å². The van der Waals surface area contributed by atoms with Crippen molar-refractivity contribution in [1.29, 1.82) is 0 Å². The van der Waals surface area contributed by atoms with E-state index in [4.69, 9.17) is 14.3 Å². The molecule has 4 fully saturated rings. The van der Waals surface area contributed by atoms with Crippen LogP contribution in [0.1, 0.15) is 47.5 Å². The third-order valence-corrected chi connectivity index (χ3v) is 6.75. The summed E-state index contributed by atoms with van der Waals surface area (Å²) in [7, 11) is 0. The number of rotatable bonds is 8. The lowest BCUT2D eigenvalue weighted by Crippen LogP contribution is -2.71. The fourth-order valence-corrected chi connectivity index (χ4v) is 5.17. The van der Waals surface area contributed by atoms with E-state index in [9.17, 15) is 5.11 Å². The minimum Gasteiger partial charge on any atom is -0.393 e. The molecule has 0 spiro atoms. The molecule has 4 aliphatic rings. The second-order valence-corrected chi connectivity index (χ2v) is 9.09. The number of hydrogen-bond acceptors (Lipinski definition) is 7. The predicted octanol–water partition coefficient (Wildman–Crippen LogP) is 1.74. The summed E-state index contributed by atoms with van der Waals surface area (Å²) in [6, 6.07) is 0.214. The number of ether oxygens (including phenoxy) is 2. The summed E-state index contributed by atoms with van der Waals surface area (Å²) in [5.41, 5.74) is 0.391. The van der Waals surface area contributed by atoms with E-state index in [1.165, 1.54) is 0 Å². The van der Waals surface area contributed by atoms with Crippen LogP contribution in [-0.4, -0.2) is 96.5 Å². The zero-order valence-electron chi connectivity index (χ0n) is 18.3. The van der Waals surface area contributed by atoms with Gasteiger partial charge in [0.2, 0.25) is 0 Å². The zero-order valence-corrected chi connectivity index (χ0v) is 18.3. The Labute approximate surface area is 170 Å². The van der Waals surface area contributed by atoms with Gasteiger partial charge < -0.3 is 24.3 Å². The molecule has 28 heavy (non-hydrogen) atoms. The van der Waals surface area contributed by atoms with Crippen molar-refractivity contribution in [2.75, 3.05) is 52.5 Å². The van der Waals surface area contributed by atoms with Crippen LogP contribution in [0.25, 0.3) is 0 Å². The summed E-state index contributed by atoms with van der Waals surface area (Å²) < 4.78 is 12.1. The fourth-order valence-electron chi connectivity index (χ4n) is 5.17. The fraction of sp³-hybridized carbons (Fsp3) is 0.952. The van der Waals surface area contributed by atoms with Crippen molar-refractivity contribution in [2.24, 2.45) is 11.1 Å². The summed E-state index contributed by atoms with van der Waals surface area (Å²) in [4.78, 5) is 10.4. The predicted molar refractivity (Wildman–Crippen MR) is 110 cm³/mol. The number of fused-ring (bicyclic) bond motifs is 3. The van der Waals surface area contributed by atoms with Gasteiger partial charge >= 0.3 is 0 Å². The van der Waals surface area contributed by atoms with Gasteiger partial charge in [0.1, 0.15) is 24.0 Å². The summed E-state index contributed by atoms with van der Waals surface area (Å²) >= 11 is 0. The molecule has 162 valence electrons. The molecule has 3 saturated heterocycles. The second-order valence-electron chi connectivity index (χ2n) is 9.09. The molecule has 7 nitrogen and oxygen atoms in total. The van der Waals surface area contributed by atoms with Crippen LogP contribution in [-0.2, 0) is 14.3 Å². The molecule has 1 N–H and O–H groups in total. The number of aliphatic hydroxyl groups excluding tert-OH is 1. The van der Waals surface area contributed by atoms with Crippen LogP contribution in [0.4, 0.5) is 0 Å². The van der Waals surface area contributed by atoms with Gasteiger partial charge in [0.25, 0.3) is 0 Å². The number of morpholine rings is 1. The molecule has 0 aromatic heterocycles. The smallest absolute Gasteiger partial charge is 0.144 e. The maximum Gasteiger partial charge on any atom is 0.144 e. The number of oxime groups is 1. The highest BCUT2D eigenvalue weighted by Gasteiger charge is 2.59. The highest BCUT2D eigenvalue weighted by molar-refractivity contribution is 5.98. The minimum atomic E-state index is -0.544. The maximum absolute atomic E-state index is 10.3. The van der Waals surface area contributed by atoms with Crippen molar-refractivity contribution in [3.63, 3.8) is 0 Å². The lowest BCUT2D eigenvalue weighted by Gasteiger charge is -2.59. The minimum absolute atomic E-state index is 0.183. The van der Waals surface area contributed by atoms with Crippen LogP contribution >= 0.6 is 0 Å². The zero-order chi connectivity index (χ0) is 20.4. The van der Waals surface area contributed by atoms with E-state index in [1.54, 1.807) is 0 Å². The maximum atomic E-state index is 10.3. The van der Waals surface area contributed by atoms with Crippen molar-refractivity contribution in [3.05, 3.63) is 0 Å². The molecule has 0 amide bonds. The Morgan fingerprint density at radius 2 is 1.93 bits per heavy atom. The van der Waals surface area contributed by atoms with Gasteiger partial charge in [-0.05, 0) is 46.7 Å². The van der Waals surface area contributed by atoms with Gasteiger partial charge in [-0.15, -0.1) is 0 Å². The Kier molecular flexibility index (Phi) is 7.03. The number of likely N-dealkylation sites (N-methyl/N-ethyl adjacent to an activating group) is 1. The summed E-state index contributed by atoms with van der Waals surface area (Å²) in [6.07, 6.45) is 1.55. The number of hydrogen-bond donors (Lipinski definition) is 1. The van der Waals surface area contributed by atoms with Crippen molar-refractivity contribution in [3.8, 4) is 0 Å². The van der Waals surface area contributed by atoms with Crippen LogP contribution in [0.3, 0.4) is 0 Å². The number of nitrogens with zero attached hydrogens (tertiary/aromatic N) is 3. The molecule has 2 bridgehead atoms. The normalized spacial score (nSPS) is 35.5. The molecule has 0 aromatic carbocycles. The molecular weight excluding hydrogens is 358 g/mol. The van der Waals surface area contributed by atoms with Gasteiger partial charge in [0, 0.05) is 25.6 Å². The van der Waals surface area contributed by atoms with Gasteiger partial charge in [0.05, 0.1) is 24.9 Å². The molecule has 3 aliphatic heterocycles. The van der Waals surface area contributed by atoms with Gasteiger partial charge in [-0.25, -0.2) is 0 Å². The van der Waals surface area contributed by atoms with Crippen LogP contribution in [0.5, 0.6) is 0 Å². The van der Waals surface area contributed by atoms with Gasteiger partial charge in [-0.1, -0.05) is 19.0 Å². The van der Waals surface area contributed by atoms with Crippen molar-refractivity contribution in [1.82, 2.24) is 9.80 Å². The van der Waals surface area contributed by atoms with E-state index in [0.29, 0.717) is 12.5 Å². The molecule has 0 radical (unpaired) electrons. The lowest BCUT2D eigenvalue weighted by atomic mass is 9.64.